The Hall–Kier alpha value is -3.54. The molecule has 1 amide bonds. The monoisotopic (exact) mass is 429 g/mol. The van der Waals surface area contributed by atoms with E-state index >= 15 is 0 Å². The fourth-order valence-corrected chi connectivity index (χ4v) is 4.18. The molecule has 2 aromatic heterocycles. The normalized spacial score (nSPS) is 15.3. The highest BCUT2D eigenvalue weighted by atomic mass is 32.2. The number of tetrazole rings is 1. The summed E-state index contributed by atoms with van der Waals surface area (Å²) >= 11 is 0. The van der Waals surface area contributed by atoms with Crippen molar-refractivity contribution < 1.29 is 17.9 Å². The number of hydrogen-bond acceptors (Lipinski definition) is 8. The molecule has 0 saturated carbocycles. The van der Waals surface area contributed by atoms with Gasteiger partial charge in [-0.3, -0.25) is 4.79 Å². The highest BCUT2D eigenvalue weighted by molar-refractivity contribution is 7.89. The highest BCUT2D eigenvalue weighted by Gasteiger charge is 2.27. The van der Waals surface area contributed by atoms with Crippen molar-refractivity contribution in [2.75, 3.05) is 6.61 Å². The number of fused-ring (bicyclic) bond motifs is 2. The molecule has 0 aliphatic carbocycles. The van der Waals surface area contributed by atoms with Gasteiger partial charge in [-0.2, -0.15) is 0 Å². The lowest BCUT2D eigenvalue weighted by Gasteiger charge is -2.27. The van der Waals surface area contributed by atoms with E-state index in [9.17, 15) is 13.2 Å². The maximum Gasteiger partial charge on any atom is 0.259 e. The van der Waals surface area contributed by atoms with E-state index < -0.39 is 15.6 Å². The summed E-state index contributed by atoms with van der Waals surface area (Å²) in [6.07, 6.45) is 1.60. The molecule has 4 rings (SSSR count). The molecular weight excluding hydrogens is 410 g/mol. The van der Waals surface area contributed by atoms with E-state index in [0.717, 1.165) is 0 Å². The Morgan fingerprint density at radius 3 is 2.93 bits per heavy atom. The largest absolute Gasteiger partial charge is 0.490 e. The molecular formula is C18H19N7O4S. The minimum atomic E-state index is -3.63. The number of sulfonamides is 1. The molecule has 11 nitrogen and oxygen atoms in total. The minimum Gasteiger partial charge on any atom is -0.490 e. The molecule has 0 fully saturated rings. The molecule has 3 aromatic rings. The number of hydrogen-bond donors (Lipinski definition) is 2. The number of amidine groups is 1. The molecule has 1 aliphatic heterocycles. The number of amides is 1. The topological polar surface area (TPSA) is 154 Å². The maximum atomic E-state index is 12.6. The van der Waals surface area contributed by atoms with Crippen molar-refractivity contribution in [2.24, 2.45) is 10.1 Å². The third kappa shape index (κ3) is 3.94. The number of nitrogens with one attached hydrogen (secondary N) is 1. The predicted octanol–water partition coefficient (Wildman–Crippen LogP) is 0.260. The maximum absolute atomic E-state index is 12.6. The Labute approximate surface area is 172 Å². The van der Waals surface area contributed by atoms with Gasteiger partial charge in [-0.15, -0.1) is 9.50 Å². The summed E-state index contributed by atoms with van der Waals surface area (Å²) in [6.45, 7) is 3.72. The van der Waals surface area contributed by atoms with Crippen molar-refractivity contribution in [2.45, 2.75) is 25.1 Å². The first-order chi connectivity index (χ1) is 14.1. The van der Waals surface area contributed by atoms with Crippen LogP contribution in [0.4, 0.5) is 0 Å². The van der Waals surface area contributed by atoms with Gasteiger partial charge in [0.05, 0.1) is 16.9 Å². The third-order valence-electron chi connectivity index (χ3n) is 4.44. The molecule has 156 valence electrons. The number of carbonyl (C=O) groups excluding carboxylic acids is 1. The summed E-state index contributed by atoms with van der Waals surface area (Å²) in [7, 11) is -3.63. The fraction of sp³-hybridized carbons (Fsp3) is 0.278. The van der Waals surface area contributed by atoms with Crippen LogP contribution in [0.15, 0.2) is 40.9 Å². The molecule has 0 bridgehead atoms. The van der Waals surface area contributed by atoms with E-state index in [1.165, 1.54) is 4.52 Å². The van der Waals surface area contributed by atoms with Crippen LogP contribution >= 0.6 is 0 Å². The minimum absolute atomic E-state index is 0.107. The van der Waals surface area contributed by atoms with Gasteiger partial charge in [0.1, 0.15) is 18.2 Å². The van der Waals surface area contributed by atoms with Gasteiger partial charge in [-0.25, -0.2) is 12.9 Å². The number of nitrogens with two attached hydrogens (primary N) is 1. The van der Waals surface area contributed by atoms with E-state index in [4.69, 9.17) is 10.5 Å². The van der Waals surface area contributed by atoms with Gasteiger partial charge in [0.2, 0.25) is 0 Å². The zero-order chi connectivity index (χ0) is 21.5. The standard InChI is InChI=1S/C18H19N7O4S/c1-18(2,20-17(26)11-6-7-25-14(8-11)21-23-24-25)10-29-13-5-3-4-12-9-30(27,28)22-16(19)15(12)13/h3-8H,9-10H2,1-2H3,(H2,19,22)(H,20,26). The predicted molar refractivity (Wildman–Crippen MR) is 108 cm³/mol. The summed E-state index contributed by atoms with van der Waals surface area (Å²) in [5.74, 6) is -0.248. The molecule has 30 heavy (non-hydrogen) atoms. The van der Waals surface area contributed by atoms with Crippen molar-refractivity contribution in [3.8, 4) is 5.75 Å². The first-order valence-electron chi connectivity index (χ1n) is 8.97. The van der Waals surface area contributed by atoms with E-state index in [0.29, 0.717) is 28.1 Å². The number of rotatable bonds is 5. The Morgan fingerprint density at radius 2 is 2.13 bits per heavy atom. The van der Waals surface area contributed by atoms with E-state index in [2.05, 4.69) is 25.2 Å². The van der Waals surface area contributed by atoms with Crippen molar-refractivity contribution in [1.29, 1.82) is 0 Å². The number of benzene rings is 1. The molecule has 12 heteroatoms. The first kappa shape index (κ1) is 19.8. The molecule has 3 heterocycles. The summed E-state index contributed by atoms with van der Waals surface area (Å²) < 4.78 is 34.5. The van der Waals surface area contributed by atoms with E-state index in [1.54, 1.807) is 50.4 Å². The number of ether oxygens (including phenoxy) is 1. The summed E-state index contributed by atoms with van der Waals surface area (Å²) in [5.41, 5.74) is 6.96. The van der Waals surface area contributed by atoms with Crippen LogP contribution in [0.1, 0.15) is 35.3 Å². The van der Waals surface area contributed by atoms with E-state index in [-0.39, 0.29) is 24.1 Å². The Bertz CT molecular complexity index is 1280. The molecule has 0 saturated heterocycles. The average molecular weight is 429 g/mol. The van der Waals surface area contributed by atoms with Crippen molar-refractivity contribution in [1.82, 2.24) is 25.4 Å². The molecule has 1 aromatic carbocycles. The number of nitrogens with zero attached hydrogens (tertiary/aromatic N) is 5. The Balaban J connectivity index is 1.49. The average Bonchev–Trinajstić information content (AvgIpc) is 3.12. The van der Waals surface area contributed by atoms with Crippen molar-refractivity contribution in [3.63, 3.8) is 0 Å². The molecule has 0 unspecified atom stereocenters. The number of aromatic nitrogens is 4. The Morgan fingerprint density at radius 1 is 1.33 bits per heavy atom. The first-order valence-corrected chi connectivity index (χ1v) is 10.6. The lowest BCUT2D eigenvalue weighted by atomic mass is 10.0. The quantitative estimate of drug-likeness (QED) is 0.585. The van der Waals surface area contributed by atoms with Crippen LogP contribution in [0, 0.1) is 0 Å². The van der Waals surface area contributed by atoms with Crippen LogP contribution in [0.2, 0.25) is 0 Å². The number of carbonyl (C=O) groups is 1. The van der Waals surface area contributed by atoms with E-state index in [1.807, 2.05) is 0 Å². The van der Waals surface area contributed by atoms with Gasteiger partial charge < -0.3 is 15.8 Å². The van der Waals surface area contributed by atoms with Crippen LogP contribution in [0.3, 0.4) is 0 Å². The van der Waals surface area contributed by atoms with Crippen LogP contribution in [0.5, 0.6) is 5.75 Å². The lowest BCUT2D eigenvalue weighted by molar-refractivity contribution is 0.0880. The summed E-state index contributed by atoms with van der Waals surface area (Å²) in [5, 5.41) is 14.0. The highest BCUT2D eigenvalue weighted by Crippen LogP contribution is 2.28. The van der Waals surface area contributed by atoms with Gasteiger partial charge in [0.25, 0.3) is 15.9 Å². The second-order valence-corrected chi connectivity index (χ2v) is 9.15. The second-order valence-electron chi connectivity index (χ2n) is 7.52. The van der Waals surface area contributed by atoms with Gasteiger partial charge >= 0.3 is 0 Å². The van der Waals surface area contributed by atoms with Crippen LogP contribution in [-0.2, 0) is 15.8 Å². The molecule has 0 radical (unpaired) electrons. The smallest absolute Gasteiger partial charge is 0.259 e. The summed E-state index contributed by atoms with van der Waals surface area (Å²) in [6, 6.07) is 8.24. The summed E-state index contributed by atoms with van der Waals surface area (Å²) in [4.78, 5) is 12.6. The molecule has 0 spiro atoms. The SMILES string of the molecule is CC(C)(COc1cccc2c1C(N)=NS(=O)(=O)C2)NC(=O)c1ccn2nnnc2c1. The zero-order valence-electron chi connectivity index (χ0n) is 16.2. The van der Waals surface area contributed by atoms with Crippen LogP contribution in [-0.4, -0.2) is 52.3 Å². The fourth-order valence-electron chi connectivity index (χ4n) is 3.09. The van der Waals surface area contributed by atoms with Crippen LogP contribution < -0.4 is 15.8 Å². The zero-order valence-corrected chi connectivity index (χ0v) is 17.0. The van der Waals surface area contributed by atoms with Crippen LogP contribution in [0.25, 0.3) is 5.65 Å². The van der Waals surface area contributed by atoms with Gasteiger partial charge in [0, 0.05) is 11.8 Å². The third-order valence-corrected chi connectivity index (χ3v) is 5.60. The number of pyridine rings is 1. The molecule has 1 aliphatic rings. The lowest BCUT2D eigenvalue weighted by Crippen LogP contribution is -2.48. The second kappa shape index (κ2) is 7.06. The van der Waals surface area contributed by atoms with Gasteiger partial charge in [0.15, 0.2) is 5.65 Å². The van der Waals surface area contributed by atoms with Crippen molar-refractivity contribution in [3.05, 3.63) is 53.2 Å². The molecule has 0 atom stereocenters. The Kier molecular flexibility index (Phi) is 4.65. The molecule has 3 N–H and O–H groups in total. The van der Waals surface area contributed by atoms with Gasteiger partial charge in [-0.05, 0) is 48.0 Å². The van der Waals surface area contributed by atoms with Gasteiger partial charge in [-0.1, -0.05) is 12.1 Å². The van der Waals surface area contributed by atoms with Crippen molar-refractivity contribution >= 4 is 27.4 Å².